The maximum Gasteiger partial charge on any atom is 0.268 e. The number of nitrogens with two attached hydrogens (primary N) is 1. The molecule has 0 unspecified atom stereocenters. The molecule has 2 aliphatic carbocycles. The van der Waals surface area contributed by atoms with Crippen LogP contribution >= 0.6 is 0 Å². The largest absolute Gasteiger partial charge is 0.336 e. The van der Waals surface area contributed by atoms with Crippen molar-refractivity contribution in [1.29, 1.82) is 0 Å². The third-order valence-corrected chi connectivity index (χ3v) is 5.62. The second kappa shape index (κ2) is 5.53. The van der Waals surface area contributed by atoms with Crippen LogP contribution in [0.1, 0.15) is 30.2 Å². The lowest BCUT2D eigenvalue weighted by atomic mass is 9.55. The van der Waals surface area contributed by atoms with Crippen molar-refractivity contribution >= 4 is 0 Å². The number of hydrogen-bond donors (Lipinski definition) is 1. The molecule has 2 bridgehead atoms. The van der Waals surface area contributed by atoms with Gasteiger partial charge in [0.2, 0.25) is 0 Å². The maximum absolute atomic E-state index is 12.1. The van der Waals surface area contributed by atoms with Gasteiger partial charge in [0.15, 0.2) is 0 Å². The average Bonchev–Trinajstić information content (AvgIpc) is 2.64. The summed E-state index contributed by atoms with van der Waals surface area (Å²) in [5, 5.41) is 0. The minimum absolute atomic E-state index is 0.161. The molecule has 3 heteroatoms. The monoisotopic (exact) mass is 328 g/mol. The third-order valence-electron chi connectivity index (χ3n) is 5.62. The Morgan fingerprint density at radius 1 is 1.28 bits per heavy atom. The fourth-order valence-corrected chi connectivity index (χ4v) is 4.62. The Balaban J connectivity index is 2.13. The van der Waals surface area contributed by atoms with Crippen molar-refractivity contribution in [1.82, 2.24) is 4.68 Å². The number of pyridine rings is 1. The predicted octanol–water partition coefficient (Wildman–Crippen LogP) is 2.93. The zero-order chi connectivity index (χ0) is 17.6. The topological polar surface area (TPSA) is 48.0 Å². The van der Waals surface area contributed by atoms with Crippen LogP contribution in [0.2, 0.25) is 0 Å². The number of allylic oxidation sites excluding steroid dienone is 4. The first kappa shape index (κ1) is 15.5. The highest BCUT2D eigenvalue weighted by Crippen LogP contribution is 2.54. The third kappa shape index (κ3) is 2.04. The first-order valence-corrected chi connectivity index (χ1v) is 8.52. The highest BCUT2D eigenvalue weighted by Gasteiger charge is 2.48. The van der Waals surface area contributed by atoms with E-state index in [0.29, 0.717) is 6.42 Å². The van der Waals surface area contributed by atoms with E-state index in [2.05, 4.69) is 37.1 Å². The molecule has 0 amide bonds. The number of terminal acetylenes is 1. The van der Waals surface area contributed by atoms with Crippen LogP contribution in [0.25, 0.3) is 0 Å². The van der Waals surface area contributed by atoms with E-state index in [1.807, 2.05) is 24.3 Å². The normalized spacial score (nSPS) is 25.8. The summed E-state index contributed by atoms with van der Waals surface area (Å²) in [6, 6.07) is 13.9. The molecule has 4 rings (SSSR count). The Labute approximate surface area is 147 Å². The molecule has 0 saturated heterocycles. The molecule has 2 aromatic rings. The van der Waals surface area contributed by atoms with E-state index in [0.717, 1.165) is 23.3 Å². The minimum Gasteiger partial charge on any atom is -0.336 e. The van der Waals surface area contributed by atoms with Gasteiger partial charge in [-0.2, -0.15) is 0 Å². The molecule has 0 aliphatic heterocycles. The van der Waals surface area contributed by atoms with Gasteiger partial charge in [-0.15, -0.1) is 6.42 Å². The van der Waals surface area contributed by atoms with E-state index in [-0.39, 0.29) is 16.9 Å². The van der Waals surface area contributed by atoms with Crippen molar-refractivity contribution in [2.45, 2.75) is 25.2 Å². The molecule has 1 aromatic heterocycles. The van der Waals surface area contributed by atoms with Gasteiger partial charge >= 0.3 is 0 Å². The first-order valence-electron chi connectivity index (χ1n) is 8.52. The number of aromatic nitrogens is 1. The second-order valence-electron chi connectivity index (χ2n) is 6.74. The summed E-state index contributed by atoms with van der Waals surface area (Å²) in [4.78, 5) is 12.1. The minimum atomic E-state index is -0.362. The molecule has 0 fully saturated rings. The van der Waals surface area contributed by atoms with Crippen LogP contribution < -0.4 is 11.4 Å². The number of fused-ring (bicyclic) bond motifs is 4. The smallest absolute Gasteiger partial charge is 0.268 e. The standard InChI is InChI=1S/C22H20N2O/c1-3-15-12-16-13-20-19(10-11-21(25)24(20)23)22(14-15,18(16)4-2)17-8-6-5-7-9-17/h1,4-12,16H,13-14,23H2,2H3/b18-4+/t16-,22-/m0/s1. The van der Waals surface area contributed by atoms with E-state index in [9.17, 15) is 4.79 Å². The van der Waals surface area contributed by atoms with Crippen molar-refractivity contribution in [2.75, 3.05) is 5.84 Å². The van der Waals surface area contributed by atoms with Gasteiger partial charge < -0.3 is 5.84 Å². The number of nitrogen functional groups attached to an aromatic ring is 1. The van der Waals surface area contributed by atoms with E-state index >= 15 is 0 Å². The van der Waals surface area contributed by atoms with Gasteiger partial charge in [0.05, 0.1) is 0 Å². The highest BCUT2D eigenvalue weighted by atomic mass is 16.1. The van der Waals surface area contributed by atoms with Crippen LogP contribution in [0, 0.1) is 18.3 Å². The zero-order valence-electron chi connectivity index (χ0n) is 14.2. The van der Waals surface area contributed by atoms with Crippen LogP contribution in [0.4, 0.5) is 0 Å². The van der Waals surface area contributed by atoms with Gasteiger partial charge in [0.1, 0.15) is 0 Å². The molecule has 3 nitrogen and oxygen atoms in total. The summed E-state index contributed by atoms with van der Waals surface area (Å²) in [6.07, 6.45) is 11.6. The van der Waals surface area contributed by atoms with Gasteiger partial charge in [-0.3, -0.25) is 4.79 Å². The molecular weight excluding hydrogens is 308 g/mol. The van der Waals surface area contributed by atoms with Crippen LogP contribution in [0.5, 0.6) is 0 Å². The van der Waals surface area contributed by atoms with Gasteiger partial charge in [-0.05, 0) is 30.0 Å². The fourth-order valence-electron chi connectivity index (χ4n) is 4.62. The van der Waals surface area contributed by atoms with Gasteiger partial charge in [-0.1, -0.05) is 60.0 Å². The average molecular weight is 328 g/mol. The van der Waals surface area contributed by atoms with E-state index < -0.39 is 0 Å². The van der Waals surface area contributed by atoms with E-state index in [4.69, 9.17) is 12.3 Å². The number of rotatable bonds is 1. The molecule has 1 heterocycles. The molecule has 2 N–H and O–H groups in total. The lowest BCUT2D eigenvalue weighted by Crippen LogP contribution is -2.45. The second-order valence-corrected chi connectivity index (χ2v) is 6.74. The van der Waals surface area contributed by atoms with Crippen LogP contribution in [-0.2, 0) is 11.8 Å². The lowest BCUT2D eigenvalue weighted by Gasteiger charge is -2.48. The van der Waals surface area contributed by atoms with Gasteiger partial charge in [-0.25, -0.2) is 4.68 Å². The molecule has 2 atom stereocenters. The summed E-state index contributed by atoms with van der Waals surface area (Å²) < 4.78 is 1.31. The predicted molar refractivity (Wildman–Crippen MR) is 101 cm³/mol. The molecular formula is C22H20N2O. The van der Waals surface area contributed by atoms with Crippen LogP contribution in [0.15, 0.2) is 70.6 Å². The Morgan fingerprint density at radius 2 is 2.04 bits per heavy atom. The maximum atomic E-state index is 12.1. The molecule has 0 spiro atoms. The Morgan fingerprint density at radius 3 is 2.72 bits per heavy atom. The van der Waals surface area contributed by atoms with E-state index in [1.54, 1.807) is 6.07 Å². The number of hydrogen-bond acceptors (Lipinski definition) is 2. The zero-order valence-corrected chi connectivity index (χ0v) is 14.2. The summed E-state index contributed by atoms with van der Waals surface area (Å²) >= 11 is 0. The highest BCUT2D eigenvalue weighted by molar-refractivity contribution is 5.60. The quantitative estimate of drug-likeness (QED) is 0.497. The number of benzene rings is 1. The van der Waals surface area contributed by atoms with Crippen molar-refractivity contribution in [3.8, 4) is 12.3 Å². The van der Waals surface area contributed by atoms with Crippen molar-refractivity contribution < 1.29 is 0 Å². The summed E-state index contributed by atoms with van der Waals surface area (Å²) in [7, 11) is 0. The van der Waals surface area contributed by atoms with Gasteiger partial charge in [0, 0.05) is 29.5 Å². The van der Waals surface area contributed by atoms with E-state index in [1.165, 1.54) is 15.8 Å². The van der Waals surface area contributed by atoms with Crippen LogP contribution in [-0.4, -0.2) is 4.68 Å². The lowest BCUT2D eigenvalue weighted by molar-refractivity contribution is 0.454. The Kier molecular flexibility index (Phi) is 3.43. The fraction of sp³-hybridized carbons (Fsp3) is 0.227. The Bertz CT molecular complexity index is 1000. The number of nitrogens with zero attached hydrogens (tertiary/aromatic N) is 1. The Hall–Kier alpha value is -2.99. The molecule has 0 saturated carbocycles. The molecule has 1 aromatic carbocycles. The molecule has 124 valence electrons. The van der Waals surface area contributed by atoms with Crippen molar-refractivity contribution in [2.24, 2.45) is 5.92 Å². The van der Waals surface area contributed by atoms with Gasteiger partial charge in [0.25, 0.3) is 5.56 Å². The molecule has 0 radical (unpaired) electrons. The molecule has 2 aliphatic rings. The summed E-state index contributed by atoms with van der Waals surface area (Å²) in [6.45, 7) is 2.08. The molecule has 25 heavy (non-hydrogen) atoms. The SMILES string of the molecule is C#CC1=C[C@H]2Cc3c(ccc(=O)n3N)[C@](c3ccccc3)(C1)/C2=C/C. The first-order chi connectivity index (χ1) is 12.1. The van der Waals surface area contributed by atoms with Crippen LogP contribution in [0.3, 0.4) is 0 Å². The summed E-state index contributed by atoms with van der Waals surface area (Å²) in [5.41, 5.74) is 4.99. The van der Waals surface area contributed by atoms with Crippen molar-refractivity contribution in [3.63, 3.8) is 0 Å². The van der Waals surface area contributed by atoms with Crippen molar-refractivity contribution in [3.05, 3.63) is 92.9 Å². The summed E-state index contributed by atoms with van der Waals surface area (Å²) in [5.74, 6) is 9.15.